The SMILES string of the molecule is CSC(CC=O)C(C)[N+](=O)[O-]. The predicted octanol–water partition coefficient (Wildman–Crippen LogP) is 0.972. The molecular weight excluding hydrogens is 166 g/mol. The molecule has 0 N–H and O–H groups in total. The van der Waals surface area contributed by atoms with Crippen molar-refractivity contribution in [1.82, 2.24) is 0 Å². The van der Waals surface area contributed by atoms with Crippen LogP contribution in [0.3, 0.4) is 0 Å². The van der Waals surface area contributed by atoms with E-state index in [-0.39, 0.29) is 16.6 Å². The van der Waals surface area contributed by atoms with Crippen LogP contribution >= 0.6 is 11.8 Å². The molecular formula is C6H11NO3S. The Balaban J connectivity index is 4.00. The van der Waals surface area contributed by atoms with E-state index in [1.54, 1.807) is 6.26 Å². The molecule has 0 radical (unpaired) electrons. The molecule has 2 unspecified atom stereocenters. The molecule has 0 aromatic heterocycles. The highest BCUT2D eigenvalue weighted by Gasteiger charge is 2.24. The summed E-state index contributed by atoms with van der Waals surface area (Å²) in [5, 5.41) is 10.1. The number of carbonyl (C=O) groups excluding carboxylic acids is 1. The smallest absolute Gasteiger partial charge is 0.222 e. The van der Waals surface area contributed by atoms with Gasteiger partial charge in [0, 0.05) is 18.3 Å². The van der Waals surface area contributed by atoms with Crippen LogP contribution in [0, 0.1) is 10.1 Å². The third kappa shape index (κ3) is 3.36. The van der Waals surface area contributed by atoms with E-state index in [2.05, 4.69) is 0 Å². The van der Waals surface area contributed by atoms with Crippen molar-refractivity contribution < 1.29 is 9.72 Å². The maximum atomic E-state index is 10.3. The lowest BCUT2D eigenvalue weighted by Crippen LogP contribution is -2.28. The monoisotopic (exact) mass is 177 g/mol. The summed E-state index contributed by atoms with van der Waals surface area (Å²) in [5.41, 5.74) is 0. The van der Waals surface area contributed by atoms with Crippen LogP contribution in [-0.2, 0) is 4.79 Å². The Hall–Kier alpha value is -0.580. The first-order chi connectivity index (χ1) is 5.13. The molecule has 0 amide bonds. The summed E-state index contributed by atoms with van der Waals surface area (Å²) in [6.07, 6.45) is 2.75. The first kappa shape index (κ1) is 10.4. The van der Waals surface area contributed by atoms with Gasteiger partial charge in [0.25, 0.3) is 0 Å². The second-order valence-corrected chi connectivity index (χ2v) is 3.28. The lowest BCUT2D eigenvalue weighted by molar-refractivity contribution is -0.517. The summed E-state index contributed by atoms with van der Waals surface area (Å²) < 4.78 is 0. The van der Waals surface area contributed by atoms with Crippen LogP contribution in [-0.4, -0.2) is 28.8 Å². The van der Waals surface area contributed by atoms with Gasteiger partial charge in [-0.3, -0.25) is 10.1 Å². The van der Waals surface area contributed by atoms with Crippen LogP contribution in [0.5, 0.6) is 0 Å². The first-order valence-corrected chi connectivity index (χ1v) is 4.52. The normalized spacial score (nSPS) is 15.5. The molecule has 0 aromatic rings. The van der Waals surface area contributed by atoms with Crippen molar-refractivity contribution in [3.05, 3.63) is 10.1 Å². The van der Waals surface area contributed by atoms with Gasteiger partial charge in [-0.05, 0) is 6.26 Å². The molecule has 0 saturated heterocycles. The van der Waals surface area contributed by atoms with Gasteiger partial charge in [-0.2, -0.15) is 11.8 Å². The first-order valence-electron chi connectivity index (χ1n) is 3.23. The summed E-state index contributed by atoms with van der Waals surface area (Å²) >= 11 is 1.36. The highest BCUT2D eigenvalue weighted by Crippen LogP contribution is 2.15. The molecule has 0 aliphatic heterocycles. The number of hydrogen-bond acceptors (Lipinski definition) is 4. The topological polar surface area (TPSA) is 60.2 Å². The molecule has 4 nitrogen and oxygen atoms in total. The van der Waals surface area contributed by atoms with Gasteiger partial charge in [-0.1, -0.05) is 0 Å². The maximum Gasteiger partial charge on any atom is 0.222 e. The summed E-state index contributed by atoms with van der Waals surface area (Å²) in [5.74, 6) is 0. The largest absolute Gasteiger partial charge is 0.303 e. The Kier molecular flexibility index (Phi) is 4.85. The Bertz CT molecular complexity index is 151. The van der Waals surface area contributed by atoms with Crippen LogP contribution < -0.4 is 0 Å². The van der Waals surface area contributed by atoms with Crippen molar-refractivity contribution in [2.45, 2.75) is 24.6 Å². The molecule has 0 saturated carbocycles. The van der Waals surface area contributed by atoms with Crippen LogP contribution in [0.25, 0.3) is 0 Å². The van der Waals surface area contributed by atoms with Crippen LogP contribution in [0.2, 0.25) is 0 Å². The van der Waals surface area contributed by atoms with Crippen molar-refractivity contribution in [2.24, 2.45) is 0 Å². The van der Waals surface area contributed by atoms with Crippen LogP contribution in [0.4, 0.5) is 0 Å². The van der Waals surface area contributed by atoms with Gasteiger partial charge in [-0.15, -0.1) is 0 Å². The lowest BCUT2D eigenvalue weighted by Gasteiger charge is -2.11. The molecule has 0 spiro atoms. The number of nitro groups is 1. The average Bonchev–Trinajstić information content (AvgIpc) is 1.98. The Morgan fingerprint density at radius 2 is 2.27 bits per heavy atom. The molecule has 0 aliphatic carbocycles. The predicted molar refractivity (Wildman–Crippen MR) is 44.4 cm³/mol. The van der Waals surface area contributed by atoms with Gasteiger partial charge in [0.15, 0.2) is 0 Å². The van der Waals surface area contributed by atoms with Gasteiger partial charge in [-0.25, -0.2) is 0 Å². The van der Waals surface area contributed by atoms with Crippen LogP contribution in [0.15, 0.2) is 0 Å². The van der Waals surface area contributed by atoms with Crippen LogP contribution in [0.1, 0.15) is 13.3 Å². The number of rotatable bonds is 5. The molecule has 0 rings (SSSR count). The summed E-state index contributed by atoms with van der Waals surface area (Å²) in [6.45, 7) is 1.52. The van der Waals surface area contributed by atoms with E-state index in [1.807, 2.05) is 0 Å². The molecule has 11 heavy (non-hydrogen) atoms. The third-order valence-electron chi connectivity index (χ3n) is 1.50. The number of carbonyl (C=O) groups is 1. The van der Waals surface area contributed by atoms with E-state index in [1.165, 1.54) is 18.7 Å². The number of nitrogens with zero attached hydrogens (tertiary/aromatic N) is 1. The van der Waals surface area contributed by atoms with Gasteiger partial charge < -0.3 is 4.79 Å². The van der Waals surface area contributed by atoms with Gasteiger partial charge >= 0.3 is 0 Å². The molecule has 2 atom stereocenters. The second kappa shape index (κ2) is 5.12. The molecule has 5 heteroatoms. The number of aldehydes is 1. The summed E-state index contributed by atoms with van der Waals surface area (Å²) in [6, 6.07) is -0.643. The van der Waals surface area contributed by atoms with E-state index < -0.39 is 6.04 Å². The highest BCUT2D eigenvalue weighted by atomic mass is 32.2. The van der Waals surface area contributed by atoms with Crippen molar-refractivity contribution in [1.29, 1.82) is 0 Å². The maximum absolute atomic E-state index is 10.3. The molecule has 0 aromatic carbocycles. The average molecular weight is 177 g/mol. The number of thioether (sulfide) groups is 1. The fraction of sp³-hybridized carbons (Fsp3) is 0.833. The fourth-order valence-corrected chi connectivity index (χ4v) is 1.48. The van der Waals surface area contributed by atoms with E-state index in [4.69, 9.17) is 0 Å². The van der Waals surface area contributed by atoms with Crippen molar-refractivity contribution in [3.63, 3.8) is 0 Å². The fourth-order valence-electron chi connectivity index (χ4n) is 0.721. The third-order valence-corrected chi connectivity index (χ3v) is 2.69. The van der Waals surface area contributed by atoms with E-state index >= 15 is 0 Å². The lowest BCUT2D eigenvalue weighted by atomic mass is 10.2. The van der Waals surface area contributed by atoms with Crippen molar-refractivity contribution in [3.8, 4) is 0 Å². The summed E-state index contributed by atoms with van der Waals surface area (Å²) in [7, 11) is 0. The standard InChI is InChI=1S/C6H11NO3S/c1-5(7(9)10)6(11-2)3-4-8/h4-6H,3H2,1-2H3. The van der Waals surface area contributed by atoms with Crippen molar-refractivity contribution >= 4 is 18.0 Å². The minimum Gasteiger partial charge on any atom is -0.303 e. The van der Waals surface area contributed by atoms with Gasteiger partial charge in [0.05, 0.1) is 5.25 Å². The summed E-state index contributed by atoms with van der Waals surface area (Å²) in [4.78, 5) is 20.0. The second-order valence-electron chi connectivity index (χ2n) is 2.20. The Morgan fingerprint density at radius 3 is 2.55 bits per heavy atom. The minimum absolute atomic E-state index is 0.192. The van der Waals surface area contributed by atoms with E-state index in [0.717, 1.165) is 6.29 Å². The highest BCUT2D eigenvalue weighted by molar-refractivity contribution is 7.99. The zero-order valence-electron chi connectivity index (χ0n) is 6.52. The molecule has 0 bridgehead atoms. The molecule has 0 heterocycles. The molecule has 0 fully saturated rings. The van der Waals surface area contributed by atoms with E-state index in [0.29, 0.717) is 0 Å². The van der Waals surface area contributed by atoms with E-state index in [9.17, 15) is 14.9 Å². The molecule has 64 valence electrons. The quantitative estimate of drug-likeness (QED) is 0.356. The zero-order valence-corrected chi connectivity index (χ0v) is 7.34. The Labute approximate surface area is 69.5 Å². The van der Waals surface area contributed by atoms with Gasteiger partial charge in [0.1, 0.15) is 6.29 Å². The van der Waals surface area contributed by atoms with Crippen molar-refractivity contribution in [2.75, 3.05) is 6.26 Å². The minimum atomic E-state index is -0.643. The van der Waals surface area contributed by atoms with Gasteiger partial charge in [0.2, 0.25) is 6.04 Å². The zero-order chi connectivity index (χ0) is 8.85. The Morgan fingerprint density at radius 1 is 1.73 bits per heavy atom. The molecule has 0 aliphatic rings. The number of hydrogen-bond donors (Lipinski definition) is 0.